The molecular weight excluding hydrogens is 359 g/mol. The van der Waals surface area contributed by atoms with Crippen molar-refractivity contribution >= 4 is 17.1 Å². The van der Waals surface area contributed by atoms with E-state index in [-0.39, 0.29) is 11.4 Å². The van der Waals surface area contributed by atoms with E-state index in [0.29, 0.717) is 35.7 Å². The lowest BCUT2D eigenvalue weighted by molar-refractivity contribution is -0.137. The summed E-state index contributed by atoms with van der Waals surface area (Å²) in [6.07, 6.45) is -0.756. The molecule has 27 heavy (non-hydrogen) atoms. The molecule has 0 saturated heterocycles. The topological polar surface area (TPSA) is 63.9 Å². The Balaban J connectivity index is 2.16. The number of halogens is 3. The van der Waals surface area contributed by atoms with E-state index in [2.05, 4.69) is 15.0 Å². The average Bonchev–Trinajstić information content (AvgIpc) is 2.98. The number of aryl methyl sites for hydroxylation is 1. The number of fused-ring (bicyclic) bond motifs is 1. The second-order valence-corrected chi connectivity index (χ2v) is 5.96. The number of imidazole rings is 1. The summed E-state index contributed by atoms with van der Waals surface area (Å²) in [5.41, 5.74) is 0.386. The van der Waals surface area contributed by atoms with Crippen LogP contribution in [0.3, 0.4) is 0 Å². The first-order chi connectivity index (χ1) is 12.8. The minimum absolute atomic E-state index is 0.111. The van der Waals surface area contributed by atoms with Crippen LogP contribution in [0.4, 0.5) is 13.2 Å². The van der Waals surface area contributed by atoms with Crippen molar-refractivity contribution in [1.82, 2.24) is 24.4 Å². The van der Waals surface area contributed by atoms with Crippen LogP contribution < -0.4 is 0 Å². The van der Waals surface area contributed by atoms with Gasteiger partial charge in [0, 0.05) is 44.3 Å². The third-order valence-corrected chi connectivity index (χ3v) is 4.38. The van der Waals surface area contributed by atoms with Crippen molar-refractivity contribution in [2.75, 3.05) is 13.1 Å². The lowest BCUT2D eigenvalue weighted by atomic mass is 10.1. The molecule has 0 atom stereocenters. The van der Waals surface area contributed by atoms with E-state index in [1.165, 1.54) is 12.4 Å². The highest BCUT2D eigenvalue weighted by molar-refractivity contribution is 6.00. The van der Waals surface area contributed by atoms with Gasteiger partial charge in [-0.3, -0.25) is 9.78 Å². The Hall–Kier alpha value is -2.97. The monoisotopic (exact) mass is 377 g/mol. The molecular formula is C18H18F3N5O. The first kappa shape index (κ1) is 18.8. The van der Waals surface area contributed by atoms with Crippen molar-refractivity contribution in [3.05, 3.63) is 41.9 Å². The highest BCUT2D eigenvalue weighted by Crippen LogP contribution is 2.32. The van der Waals surface area contributed by atoms with Gasteiger partial charge in [0.25, 0.3) is 5.91 Å². The van der Waals surface area contributed by atoms with Crippen LogP contribution in [0.1, 0.15) is 29.8 Å². The number of alkyl halides is 3. The van der Waals surface area contributed by atoms with Crippen LogP contribution in [0.15, 0.2) is 30.7 Å². The molecule has 3 rings (SSSR count). The van der Waals surface area contributed by atoms with Gasteiger partial charge >= 0.3 is 6.18 Å². The zero-order chi connectivity index (χ0) is 19.8. The minimum Gasteiger partial charge on any atom is -0.339 e. The molecule has 6 nitrogen and oxygen atoms in total. The molecule has 9 heteroatoms. The quantitative estimate of drug-likeness (QED) is 0.698. The molecule has 3 aromatic rings. The summed E-state index contributed by atoms with van der Waals surface area (Å²) >= 11 is 0. The fourth-order valence-electron chi connectivity index (χ4n) is 2.91. The molecule has 0 aromatic carbocycles. The maximum absolute atomic E-state index is 12.9. The van der Waals surface area contributed by atoms with Gasteiger partial charge in [-0.2, -0.15) is 13.2 Å². The van der Waals surface area contributed by atoms with Crippen LogP contribution >= 0.6 is 0 Å². The molecule has 142 valence electrons. The number of nitrogens with zero attached hydrogens (tertiary/aromatic N) is 5. The van der Waals surface area contributed by atoms with E-state index in [1.54, 1.807) is 22.6 Å². The largest absolute Gasteiger partial charge is 0.417 e. The van der Waals surface area contributed by atoms with E-state index >= 15 is 0 Å². The van der Waals surface area contributed by atoms with E-state index in [4.69, 9.17) is 0 Å². The van der Waals surface area contributed by atoms with Crippen molar-refractivity contribution in [2.24, 2.45) is 7.05 Å². The Morgan fingerprint density at radius 1 is 1.22 bits per heavy atom. The van der Waals surface area contributed by atoms with Crippen molar-refractivity contribution in [3.63, 3.8) is 0 Å². The SMILES string of the molecule is CCN(CC)C(=O)c1cnccc1-c1nc2cc(C(F)(F)F)cnc2n1C. The number of carbonyl (C=O) groups excluding carboxylic acids is 1. The van der Waals surface area contributed by atoms with Gasteiger partial charge in [-0.05, 0) is 26.0 Å². The first-order valence-corrected chi connectivity index (χ1v) is 8.41. The van der Waals surface area contributed by atoms with Gasteiger partial charge in [0.15, 0.2) is 5.65 Å². The number of hydrogen-bond acceptors (Lipinski definition) is 4. The van der Waals surface area contributed by atoms with Crippen LogP contribution in [-0.2, 0) is 13.2 Å². The van der Waals surface area contributed by atoms with Crippen LogP contribution in [0, 0.1) is 0 Å². The summed E-state index contributed by atoms with van der Waals surface area (Å²) in [4.78, 5) is 26.7. The zero-order valence-corrected chi connectivity index (χ0v) is 15.1. The molecule has 3 aromatic heterocycles. The van der Waals surface area contributed by atoms with Crippen LogP contribution in [0.5, 0.6) is 0 Å². The fourth-order valence-corrected chi connectivity index (χ4v) is 2.91. The van der Waals surface area contributed by atoms with Crippen LogP contribution in [-0.4, -0.2) is 43.4 Å². The first-order valence-electron chi connectivity index (χ1n) is 8.41. The summed E-state index contributed by atoms with van der Waals surface area (Å²) in [6.45, 7) is 4.80. The molecule has 0 aliphatic heterocycles. The molecule has 3 heterocycles. The fraction of sp³-hybridized carbons (Fsp3) is 0.333. The molecule has 0 saturated carbocycles. The van der Waals surface area contributed by atoms with Crippen molar-refractivity contribution in [3.8, 4) is 11.4 Å². The molecule has 0 fully saturated rings. The number of hydrogen-bond donors (Lipinski definition) is 0. The standard InChI is InChI=1S/C18H18F3N5O/c1-4-26(5-2)17(27)13-10-22-7-6-12(13)15-24-14-8-11(18(19,20)21)9-23-16(14)25(15)3/h6-10H,4-5H2,1-3H3. The molecule has 0 bridgehead atoms. The highest BCUT2D eigenvalue weighted by Gasteiger charge is 2.32. The lowest BCUT2D eigenvalue weighted by Crippen LogP contribution is -2.31. The van der Waals surface area contributed by atoms with E-state index < -0.39 is 11.7 Å². The molecule has 0 unspecified atom stereocenters. The van der Waals surface area contributed by atoms with E-state index in [1.807, 2.05) is 13.8 Å². The average molecular weight is 377 g/mol. The zero-order valence-electron chi connectivity index (χ0n) is 15.1. The Morgan fingerprint density at radius 3 is 2.56 bits per heavy atom. The lowest BCUT2D eigenvalue weighted by Gasteiger charge is -2.19. The van der Waals surface area contributed by atoms with Gasteiger partial charge in [-0.15, -0.1) is 0 Å². The van der Waals surface area contributed by atoms with Gasteiger partial charge in [-0.1, -0.05) is 0 Å². The van der Waals surface area contributed by atoms with Crippen LogP contribution in [0.2, 0.25) is 0 Å². The smallest absolute Gasteiger partial charge is 0.339 e. The molecule has 1 amide bonds. The predicted octanol–water partition coefficient (Wildman–Crippen LogP) is 3.53. The Labute approximate surface area is 153 Å². The number of aromatic nitrogens is 4. The van der Waals surface area contributed by atoms with Crippen molar-refractivity contribution < 1.29 is 18.0 Å². The Bertz CT molecular complexity index is 992. The Kier molecular flexibility index (Phi) is 4.86. The van der Waals surface area contributed by atoms with Gasteiger partial charge in [0.2, 0.25) is 0 Å². The second-order valence-electron chi connectivity index (χ2n) is 5.96. The summed E-state index contributed by atoms with van der Waals surface area (Å²) in [6, 6.07) is 2.58. The van der Waals surface area contributed by atoms with Gasteiger partial charge in [0.1, 0.15) is 11.3 Å². The van der Waals surface area contributed by atoms with Crippen molar-refractivity contribution in [1.29, 1.82) is 0 Å². The summed E-state index contributed by atoms with van der Waals surface area (Å²) < 4.78 is 40.4. The molecule has 0 radical (unpaired) electrons. The minimum atomic E-state index is -4.50. The second kappa shape index (κ2) is 6.98. The number of amides is 1. The molecule has 0 aliphatic carbocycles. The third kappa shape index (κ3) is 3.36. The summed E-state index contributed by atoms with van der Waals surface area (Å²) in [5, 5.41) is 0. The Morgan fingerprint density at radius 2 is 1.93 bits per heavy atom. The maximum Gasteiger partial charge on any atom is 0.417 e. The highest BCUT2D eigenvalue weighted by atomic mass is 19.4. The third-order valence-electron chi connectivity index (χ3n) is 4.38. The molecule has 0 aliphatic rings. The summed E-state index contributed by atoms with van der Waals surface area (Å²) in [5.74, 6) is 0.147. The van der Waals surface area contributed by atoms with E-state index in [0.717, 1.165) is 12.3 Å². The van der Waals surface area contributed by atoms with Gasteiger partial charge in [0.05, 0.1) is 11.1 Å². The number of carbonyl (C=O) groups is 1. The van der Waals surface area contributed by atoms with E-state index in [9.17, 15) is 18.0 Å². The number of rotatable bonds is 4. The predicted molar refractivity (Wildman–Crippen MR) is 94.0 cm³/mol. The van der Waals surface area contributed by atoms with Crippen molar-refractivity contribution in [2.45, 2.75) is 20.0 Å². The van der Waals surface area contributed by atoms with Crippen LogP contribution in [0.25, 0.3) is 22.6 Å². The van der Waals surface area contributed by atoms with Gasteiger partial charge in [-0.25, -0.2) is 9.97 Å². The maximum atomic E-state index is 12.9. The summed E-state index contributed by atoms with van der Waals surface area (Å²) in [7, 11) is 1.65. The molecule has 0 spiro atoms. The normalized spacial score (nSPS) is 11.8. The van der Waals surface area contributed by atoms with Gasteiger partial charge < -0.3 is 9.47 Å². The molecule has 0 N–H and O–H groups in total. The number of pyridine rings is 2.